The van der Waals surface area contributed by atoms with Gasteiger partial charge in [-0.15, -0.1) is 0 Å². The van der Waals surface area contributed by atoms with Crippen LogP contribution in [0.3, 0.4) is 0 Å². The maximum absolute atomic E-state index is 12.5. The Morgan fingerprint density at radius 2 is 2.04 bits per heavy atom. The Hall–Kier alpha value is -2.59. The highest BCUT2D eigenvalue weighted by molar-refractivity contribution is 5.88. The summed E-state index contributed by atoms with van der Waals surface area (Å²) >= 11 is 0. The fraction of sp³-hybridized carbons (Fsp3) is 0.250. The van der Waals surface area contributed by atoms with Crippen molar-refractivity contribution < 1.29 is 14.3 Å². The first-order valence-corrected chi connectivity index (χ1v) is 8.15. The van der Waals surface area contributed by atoms with Gasteiger partial charge in [0.25, 0.3) is 0 Å². The predicted octanol–water partition coefficient (Wildman–Crippen LogP) is 3.58. The molecule has 0 fully saturated rings. The van der Waals surface area contributed by atoms with E-state index in [1.165, 1.54) is 0 Å². The van der Waals surface area contributed by atoms with Crippen molar-refractivity contribution in [1.82, 2.24) is 5.32 Å². The highest BCUT2D eigenvalue weighted by Crippen LogP contribution is 2.38. The number of rotatable bonds is 3. The molecule has 3 aromatic rings. The Bertz CT molecular complexity index is 912. The monoisotopic (exact) mass is 321 g/mol. The van der Waals surface area contributed by atoms with Gasteiger partial charge in [0.15, 0.2) is 0 Å². The molecule has 2 aromatic carbocycles. The van der Waals surface area contributed by atoms with Crippen LogP contribution in [0.25, 0.3) is 11.0 Å². The van der Waals surface area contributed by atoms with Crippen molar-refractivity contribution in [1.29, 1.82) is 0 Å². The minimum absolute atomic E-state index is 0.0619. The molecule has 122 valence electrons. The topological polar surface area (TPSA) is 62.5 Å². The average molecular weight is 321 g/mol. The number of furan rings is 1. The smallest absolute Gasteiger partial charge is 0.225 e. The molecule has 1 amide bonds. The molecule has 2 atom stereocenters. The molecule has 0 bridgehead atoms. The third-order valence-electron chi connectivity index (χ3n) is 4.68. The second kappa shape index (κ2) is 5.80. The number of aliphatic hydroxyl groups is 1. The Labute approximate surface area is 140 Å². The van der Waals surface area contributed by atoms with E-state index in [9.17, 15) is 9.90 Å². The van der Waals surface area contributed by atoms with Crippen LogP contribution in [0.4, 0.5) is 0 Å². The third kappa shape index (κ3) is 2.59. The molecule has 4 rings (SSSR count). The molecule has 1 heterocycles. The molecule has 0 aliphatic heterocycles. The molecule has 4 nitrogen and oxygen atoms in total. The lowest BCUT2D eigenvalue weighted by molar-refractivity contribution is -0.121. The number of carbonyl (C=O) groups excluding carboxylic acids is 1. The Balaban J connectivity index is 1.52. The summed E-state index contributed by atoms with van der Waals surface area (Å²) in [6, 6.07) is 13.5. The summed E-state index contributed by atoms with van der Waals surface area (Å²) in [7, 11) is 0. The number of aryl methyl sites for hydroxylation is 1. The van der Waals surface area contributed by atoms with E-state index >= 15 is 0 Å². The van der Waals surface area contributed by atoms with Crippen molar-refractivity contribution in [3.63, 3.8) is 0 Å². The lowest BCUT2D eigenvalue weighted by Crippen LogP contribution is -2.28. The van der Waals surface area contributed by atoms with Crippen LogP contribution >= 0.6 is 0 Å². The molecule has 4 heteroatoms. The van der Waals surface area contributed by atoms with Gasteiger partial charge in [0.2, 0.25) is 5.91 Å². The van der Waals surface area contributed by atoms with Crippen LogP contribution in [0.15, 0.2) is 53.1 Å². The number of hydrogen-bond acceptors (Lipinski definition) is 3. The molecule has 2 unspecified atom stereocenters. The number of nitrogens with one attached hydrogen (secondary N) is 1. The van der Waals surface area contributed by atoms with Crippen LogP contribution in [-0.2, 0) is 11.2 Å². The van der Waals surface area contributed by atoms with Gasteiger partial charge in [-0.2, -0.15) is 0 Å². The summed E-state index contributed by atoms with van der Waals surface area (Å²) < 4.78 is 5.53. The molecule has 0 saturated heterocycles. The first kappa shape index (κ1) is 15.0. The first-order valence-electron chi connectivity index (χ1n) is 8.15. The maximum Gasteiger partial charge on any atom is 0.225 e. The van der Waals surface area contributed by atoms with E-state index < -0.39 is 6.10 Å². The fourth-order valence-electron chi connectivity index (χ4n) is 3.50. The van der Waals surface area contributed by atoms with Gasteiger partial charge < -0.3 is 14.8 Å². The van der Waals surface area contributed by atoms with Gasteiger partial charge in [0, 0.05) is 17.4 Å². The zero-order valence-corrected chi connectivity index (χ0v) is 13.5. The molecular formula is C20H19NO3. The van der Waals surface area contributed by atoms with Gasteiger partial charge in [-0.1, -0.05) is 35.9 Å². The summed E-state index contributed by atoms with van der Waals surface area (Å²) in [6.45, 7) is 2.02. The zero-order valence-electron chi connectivity index (χ0n) is 13.5. The van der Waals surface area contributed by atoms with E-state index in [4.69, 9.17) is 4.42 Å². The Morgan fingerprint density at radius 1 is 1.25 bits per heavy atom. The summed E-state index contributed by atoms with van der Waals surface area (Å²) in [5, 5.41) is 14.2. The van der Waals surface area contributed by atoms with Crippen LogP contribution in [0.5, 0.6) is 0 Å². The number of aliphatic hydroxyl groups excluding tert-OH is 1. The molecule has 1 aromatic heterocycles. The molecule has 24 heavy (non-hydrogen) atoms. The largest absolute Gasteiger partial charge is 0.464 e. The van der Waals surface area contributed by atoms with E-state index in [0.717, 1.165) is 33.2 Å². The van der Waals surface area contributed by atoms with E-state index in [1.54, 1.807) is 6.26 Å². The molecule has 2 N–H and O–H groups in total. The molecule has 0 spiro atoms. The lowest BCUT2D eigenvalue weighted by Gasteiger charge is -2.13. The van der Waals surface area contributed by atoms with Crippen LogP contribution in [-0.4, -0.2) is 11.0 Å². The van der Waals surface area contributed by atoms with E-state index in [0.29, 0.717) is 6.42 Å². The van der Waals surface area contributed by atoms with E-state index in [1.807, 2.05) is 49.4 Å². The minimum atomic E-state index is -0.510. The van der Waals surface area contributed by atoms with Crippen molar-refractivity contribution in [2.75, 3.05) is 0 Å². The predicted molar refractivity (Wildman–Crippen MR) is 91.6 cm³/mol. The molecule has 1 aliphatic rings. The van der Waals surface area contributed by atoms with Gasteiger partial charge in [0.05, 0.1) is 24.8 Å². The van der Waals surface area contributed by atoms with Gasteiger partial charge in [-0.05, 0) is 30.2 Å². The Morgan fingerprint density at radius 3 is 2.88 bits per heavy atom. The maximum atomic E-state index is 12.5. The van der Waals surface area contributed by atoms with Crippen molar-refractivity contribution in [2.24, 2.45) is 0 Å². The highest BCUT2D eigenvalue weighted by Gasteiger charge is 2.30. The summed E-state index contributed by atoms with van der Waals surface area (Å²) in [6.07, 6.45) is 1.94. The fourth-order valence-corrected chi connectivity index (χ4v) is 3.50. The molecule has 0 saturated carbocycles. The van der Waals surface area contributed by atoms with Crippen molar-refractivity contribution in [2.45, 2.75) is 31.9 Å². The minimum Gasteiger partial charge on any atom is -0.464 e. The quantitative estimate of drug-likeness (QED) is 0.775. The summed E-state index contributed by atoms with van der Waals surface area (Å²) in [5.74, 6) is -0.0619. The number of hydrogen-bond donors (Lipinski definition) is 2. The van der Waals surface area contributed by atoms with Gasteiger partial charge >= 0.3 is 0 Å². The van der Waals surface area contributed by atoms with Crippen LogP contribution in [0.1, 0.15) is 40.8 Å². The average Bonchev–Trinajstić information content (AvgIpc) is 3.10. The van der Waals surface area contributed by atoms with E-state index in [2.05, 4.69) is 5.32 Å². The second-order valence-corrected chi connectivity index (χ2v) is 6.44. The summed E-state index contributed by atoms with van der Waals surface area (Å²) in [5.41, 5.74) is 4.74. The lowest BCUT2D eigenvalue weighted by atomic mass is 10.1. The second-order valence-electron chi connectivity index (χ2n) is 6.44. The van der Waals surface area contributed by atoms with Gasteiger partial charge in [0.1, 0.15) is 5.58 Å². The summed E-state index contributed by atoms with van der Waals surface area (Å²) in [4.78, 5) is 12.5. The SMILES string of the molecule is Cc1ccc2occ(CC(=O)NC3CC(O)c4ccccc43)c2c1. The zero-order chi connectivity index (χ0) is 16.7. The van der Waals surface area contributed by atoms with Crippen molar-refractivity contribution >= 4 is 16.9 Å². The van der Waals surface area contributed by atoms with Crippen LogP contribution < -0.4 is 5.32 Å². The highest BCUT2D eigenvalue weighted by atomic mass is 16.3. The van der Waals surface area contributed by atoms with Crippen molar-refractivity contribution in [3.05, 3.63) is 71.0 Å². The number of carbonyl (C=O) groups is 1. The van der Waals surface area contributed by atoms with Crippen LogP contribution in [0.2, 0.25) is 0 Å². The number of benzene rings is 2. The Kier molecular flexibility index (Phi) is 3.62. The molecule has 1 aliphatic carbocycles. The van der Waals surface area contributed by atoms with Gasteiger partial charge in [-0.3, -0.25) is 4.79 Å². The number of fused-ring (bicyclic) bond motifs is 2. The normalized spacial score (nSPS) is 19.4. The van der Waals surface area contributed by atoms with Crippen LogP contribution in [0, 0.1) is 6.92 Å². The standard InChI is InChI=1S/C20H19NO3/c1-12-6-7-19-16(8-12)13(11-24-19)9-20(23)21-17-10-18(22)15-5-3-2-4-14(15)17/h2-8,11,17-18,22H,9-10H2,1H3,(H,21,23). The van der Waals surface area contributed by atoms with Crippen molar-refractivity contribution in [3.8, 4) is 0 Å². The first-order chi connectivity index (χ1) is 11.6. The third-order valence-corrected chi connectivity index (χ3v) is 4.68. The van der Waals surface area contributed by atoms with Gasteiger partial charge in [-0.25, -0.2) is 0 Å². The molecule has 0 radical (unpaired) electrons. The number of amides is 1. The van der Waals surface area contributed by atoms with E-state index in [-0.39, 0.29) is 18.4 Å². The molecular weight excluding hydrogens is 302 g/mol.